The number of benzene rings is 1. The second kappa shape index (κ2) is 12.8. The van der Waals surface area contributed by atoms with Gasteiger partial charge in [-0.05, 0) is 42.0 Å². The molecule has 0 heterocycles. The van der Waals surface area contributed by atoms with E-state index in [0.29, 0.717) is 17.7 Å². The molecule has 29 heavy (non-hydrogen) atoms. The molecule has 0 bridgehead atoms. The van der Waals surface area contributed by atoms with E-state index in [0.717, 1.165) is 12.8 Å². The predicted molar refractivity (Wildman–Crippen MR) is 114 cm³/mol. The van der Waals surface area contributed by atoms with Crippen molar-refractivity contribution >= 4 is 29.6 Å². The lowest BCUT2D eigenvalue weighted by Crippen LogP contribution is -2.21. The van der Waals surface area contributed by atoms with E-state index in [1.807, 2.05) is 34.6 Å². The van der Waals surface area contributed by atoms with Crippen LogP contribution in [0.4, 0.5) is 5.69 Å². The number of nitrogens with one attached hydrogen (secondary N) is 1. The topological polar surface area (TPSA) is 81.7 Å². The molecule has 0 radical (unpaired) electrons. The number of amides is 1. The fourth-order valence-corrected chi connectivity index (χ4v) is 2.23. The average molecular weight is 404 g/mol. The van der Waals surface area contributed by atoms with Crippen LogP contribution >= 0.6 is 0 Å². The molecule has 1 N–H and O–H groups in total. The molecule has 0 aliphatic carbocycles. The summed E-state index contributed by atoms with van der Waals surface area (Å²) >= 11 is 0. The molecule has 0 spiro atoms. The van der Waals surface area contributed by atoms with Crippen molar-refractivity contribution in [3.8, 4) is 0 Å². The van der Waals surface area contributed by atoms with E-state index in [2.05, 4.69) is 5.32 Å². The molecular weight excluding hydrogens is 370 g/mol. The summed E-state index contributed by atoms with van der Waals surface area (Å²) in [4.78, 5) is 36.6. The van der Waals surface area contributed by atoms with Gasteiger partial charge in [-0.25, -0.2) is 9.59 Å². The number of hydrogen-bond donors (Lipinski definition) is 1. The smallest absolute Gasteiger partial charge is 0.345 e. The molecule has 0 saturated heterocycles. The van der Waals surface area contributed by atoms with Gasteiger partial charge in [0.2, 0.25) is 5.91 Å². The van der Waals surface area contributed by atoms with Crippen LogP contribution in [0.1, 0.15) is 59.4 Å². The number of hydrogen-bond acceptors (Lipinski definition) is 5. The first kappa shape index (κ1) is 24.4. The van der Waals surface area contributed by atoms with Gasteiger partial charge in [-0.15, -0.1) is 0 Å². The summed E-state index contributed by atoms with van der Waals surface area (Å²) in [6, 6.07) is 6.90. The standard InChI is InChI=1S/C23H33NO5/c1-6-7-8-21(25)24-19-11-9-18(10-12-19)13-20(22(26)28-14-16(2)3)23(27)29-15-17(4)5/h9-13,16-17H,6-8,14-15H2,1-5H3,(H,24,25). The van der Waals surface area contributed by atoms with Gasteiger partial charge in [0.05, 0.1) is 13.2 Å². The van der Waals surface area contributed by atoms with E-state index >= 15 is 0 Å². The normalized spacial score (nSPS) is 10.6. The van der Waals surface area contributed by atoms with Crippen molar-refractivity contribution in [1.29, 1.82) is 0 Å². The number of anilines is 1. The monoisotopic (exact) mass is 403 g/mol. The molecule has 0 unspecified atom stereocenters. The van der Waals surface area contributed by atoms with Crippen LogP contribution in [0.3, 0.4) is 0 Å². The van der Waals surface area contributed by atoms with Crippen molar-refractivity contribution < 1.29 is 23.9 Å². The molecule has 1 rings (SSSR count). The molecule has 6 heteroatoms. The van der Waals surface area contributed by atoms with Gasteiger partial charge in [0.25, 0.3) is 0 Å². The van der Waals surface area contributed by atoms with Crippen molar-refractivity contribution in [3.63, 3.8) is 0 Å². The van der Waals surface area contributed by atoms with Crippen LogP contribution in [-0.2, 0) is 23.9 Å². The third-order valence-electron chi connectivity index (χ3n) is 3.80. The Morgan fingerprint density at radius 3 is 1.90 bits per heavy atom. The zero-order valence-electron chi connectivity index (χ0n) is 18.1. The first-order valence-electron chi connectivity index (χ1n) is 10.2. The summed E-state index contributed by atoms with van der Waals surface area (Å²) in [5.41, 5.74) is 1.15. The SMILES string of the molecule is CCCCC(=O)Nc1ccc(C=C(C(=O)OCC(C)C)C(=O)OCC(C)C)cc1. The summed E-state index contributed by atoms with van der Waals surface area (Å²) < 4.78 is 10.4. The summed E-state index contributed by atoms with van der Waals surface area (Å²) in [7, 11) is 0. The van der Waals surface area contributed by atoms with E-state index in [4.69, 9.17) is 9.47 Å². The van der Waals surface area contributed by atoms with E-state index in [-0.39, 0.29) is 36.5 Å². The predicted octanol–water partition coefficient (Wildman–Crippen LogP) is 4.60. The lowest BCUT2D eigenvalue weighted by Gasteiger charge is -2.12. The van der Waals surface area contributed by atoms with Gasteiger partial charge < -0.3 is 14.8 Å². The van der Waals surface area contributed by atoms with Gasteiger partial charge in [0, 0.05) is 12.1 Å². The Bertz CT molecular complexity index is 678. The van der Waals surface area contributed by atoms with Crippen LogP contribution in [0.5, 0.6) is 0 Å². The van der Waals surface area contributed by atoms with Gasteiger partial charge >= 0.3 is 11.9 Å². The maximum atomic E-state index is 12.4. The highest BCUT2D eigenvalue weighted by atomic mass is 16.6. The van der Waals surface area contributed by atoms with E-state index in [1.165, 1.54) is 6.08 Å². The molecular formula is C23H33NO5. The van der Waals surface area contributed by atoms with Crippen molar-refractivity contribution in [2.45, 2.75) is 53.9 Å². The summed E-state index contributed by atoms with van der Waals surface area (Å²) in [6.07, 6.45) is 3.73. The Kier molecular flexibility index (Phi) is 10.7. The Morgan fingerprint density at radius 2 is 1.45 bits per heavy atom. The molecule has 0 aliphatic rings. The maximum absolute atomic E-state index is 12.4. The third kappa shape index (κ3) is 9.92. The molecule has 0 aliphatic heterocycles. The number of ether oxygens (including phenoxy) is 2. The number of unbranched alkanes of at least 4 members (excludes halogenated alkanes) is 1. The first-order valence-corrected chi connectivity index (χ1v) is 10.2. The average Bonchev–Trinajstić information content (AvgIpc) is 2.68. The molecule has 1 aromatic carbocycles. The highest BCUT2D eigenvalue weighted by Gasteiger charge is 2.22. The van der Waals surface area contributed by atoms with Crippen LogP contribution in [0, 0.1) is 11.8 Å². The minimum absolute atomic E-state index is 0.0367. The largest absolute Gasteiger partial charge is 0.462 e. The second-order valence-electron chi connectivity index (χ2n) is 7.82. The molecule has 1 amide bonds. The number of rotatable bonds is 11. The van der Waals surface area contributed by atoms with E-state index < -0.39 is 11.9 Å². The van der Waals surface area contributed by atoms with Gasteiger partial charge in [-0.1, -0.05) is 53.2 Å². The number of carbonyl (C=O) groups is 3. The van der Waals surface area contributed by atoms with Crippen molar-refractivity contribution in [2.24, 2.45) is 11.8 Å². The Morgan fingerprint density at radius 1 is 0.931 bits per heavy atom. The van der Waals surface area contributed by atoms with Gasteiger partial charge in [-0.2, -0.15) is 0 Å². The third-order valence-corrected chi connectivity index (χ3v) is 3.80. The molecule has 0 saturated carbocycles. The van der Waals surface area contributed by atoms with Crippen LogP contribution < -0.4 is 5.32 Å². The van der Waals surface area contributed by atoms with Gasteiger partial charge in [-0.3, -0.25) is 4.79 Å². The molecule has 0 atom stereocenters. The van der Waals surface area contributed by atoms with Crippen molar-refractivity contribution in [3.05, 3.63) is 35.4 Å². The fraction of sp³-hybridized carbons (Fsp3) is 0.522. The lowest BCUT2D eigenvalue weighted by atomic mass is 10.1. The minimum atomic E-state index is -0.704. The fourth-order valence-electron chi connectivity index (χ4n) is 2.23. The number of carbonyl (C=O) groups excluding carboxylic acids is 3. The van der Waals surface area contributed by atoms with E-state index in [9.17, 15) is 14.4 Å². The summed E-state index contributed by atoms with van der Waals surface area (Å²) in [5.74, 6) is -1.14. The zero-order valence-corrected chi connectivity index (χ0v) is 18.1. The van der Waals surface area contributed by atoms with Gasteiger partial charge in [0.1, 0.15) is 5.57 Å². The molecule has 0 aromatic heterocycles. The first-order chi connectivity index (χ1) is 13.7. The lowest BCUT2D eigenvalue weighted by molar-refractivity contribution is -0.148. The second-order valence-corrected chi connectivity index (χ2v) is 7.82. The van der Waals surface area contributed by atoms with E-state index in [1.54, 1.807) is 24.3 Å². The quantitative estimate of drug-likeness (QED) is 0.253. The molecule has 1 aromatic rings. The Labute approximate surface area is 173 Å². The van der Waals surface area contributed by atoms with Crippen LogP contribution in [0.15, 0.2) is 29.8 Å². The molecule has 6 nitrogen and oxygen atoms in total. The van der Waals surface area contributed by atoms with Crippen molar-refractivity contribution in [1.82, 2.24) is 0 Å². The summed E-state index contributed by atoms with van der Waals surface area (Å²) in [5, 5.41) is 2.83. The van der Waals surface area contributed by atoms with Crippen LogP contribution in [-0.4, -0.2) is 31.1 Å². The van der Waals surface area contributed by atoms with Crippen LogP contribution in [0.2, 0.25) is 0 Å². The summed E-state index contributed by atoms with van der Waals surface area (Å²) in [6.45, 7) is 10.1. The molecule has 0 fully saturated rings. The Balaban J connectivity index is 2.94. The highest BCUT2D eigenvalue weighted by molar-refractivity contribution is 6.17. The highest BCUT2D eigenvalue weighted by Crippen LogP contribution is 2.16. The maximum Gasteiger partial charge on any atom is 0.345 e. The van der Waals surface area contributed by atoms with Crippen LogP contribution in [0.25, 0.3) is 6.08 Å². The number of esters is 2. The minimum Gasteiger partial charge on any atom is -0.462 e. The van der Waals surface area contributed by atoms with Gasteiger partial charge in [0.15, 0.2) is 0 Å². The zero-order chi connectivity index (χ0) is 21.8. The van der Waals surface area contributed by atoms with Crippen molar-refractivity contribution in [2.75, 3.05) is 18.5 Å². The molecule has 160 valence electrons. The Hall–Kier alpha value is -2.63.